The number of carbonyl (C=O) groups is 4. The maximum Gasteiger partial charge on any atom is 0.407 e. The van der Waals surface area contributed by atoms with Gasteiger partial charge in [0.25, 0.3) is 5.91 Å². The zero-order valence-electron chi connectivity index (χ0n) is 23.8. The van der Waals surface area contributed by atoms with Gasteiger partial charge in [-0.3, -0.25) is 14.4 Å². The second-order valence-electron chi connectivity index (χ2n) is 13.2. The van der Waals surface area contributed by atoms with Crippen molar-refractivity contribution in [2.24, 2.45) is 29.1 Å². The summed E-state index contributed by atoms with van der Waals surface area (Å²) >= 11 is 0. The molecule has 12 heteroatoms. The summed E-state index contributed by atoms with van der Waals surface area (Å²) in [6.07, 6.45) is 3.94. The largest absolute Gasteiger partial charge is 0.472 e. The highest BCUT2D eigenvalue weighted by Gasteiger charge is 2.63. The molecule has 6 rings (SSSR count). The molecule has 218 valence electrons. The highest BCUT2D eigenvalue weighted by molar-refractivity contribution is 6.01. The van der Waals surface area contributed by atoms with Crippen LogP contribution in [0.4, 0.5) is 10.6 Å². The molecule has 1 aromatic heterocycles. The number of hydrogen-bond donors (Lipinski definition) is 2. The number of nitrogens with zero attached hydrogens (tertiary/aromatic N) is 4. The number of fused-ring (bicyclic) bond motifs is 6. The number of methoxy groups -OCH3 is 1. The third-order valence-corrected chi connectivity index (χ3v) is 9.84. The maximum absolute atomic E-state index is 14.5. The van der Waals surface area contributed by atoms with Gasteiger partial charge in [0.15, 0.2) is 11.6 Å². The van der Waals surface area contributed by atoms with Crippen LogP contribution in [0.5, 0.6) is 5.75 Å². The van der Waals surface area contributed by atoms with Gasteiger partial charge in [0.1, 0.15) is 18.1 Å². The Balaban J connectivity index is 1.33. The van der Waals surface area contributed by atoms with Crippen molar-refractivity contribution in [3.05, 3.63) is 18.3 Å². The van der Waals surface area contributed by atoms with E-state index in [0.717, 1.165) is 19.3 Å². The minimum atomic E-state index is -1.44. The summed E-state index contributed by atoms with van der Waals surface area (Å²) in [5.74, 6) is 0.420. The quantitative estimate of drug-likeness (QED) is 0.565. The van der Waals surface area contributed by atoms with Crippen LogP contribution in [-0.4, -0.2) is 82.5 Å². The molecule has 2 aliphatic carbocycles. The molecule has 0 aromatic carbocycles. The number of amides is 4. The molecule has 2 bridgehead atoms. The molecular weight excluding hydrogens is 528 g/mol. The number of rotatable bonds is 3. The second-order valence-corrected chi connectivity index (χ2v) is 13.2. The van der Waals surface area contributed by atoms with Gasteiger partial charge in [0, 0.05) is 19.2 Å². The summed E-state index contributed by atoms with van der Waals surface area (Å²) in [4.78, 5) is 61.5. The number of likely N-dealkylation sites (tertiary alicyclic amines) is 2. The molecular formula is C29H36N6O6. The van der Waals surface area contributed by atoms with E-state index >= 15 is 0 Å². The normalized spacial score (nSPS) is 33.9. The van der Waals surface area contributed by atoms with Crippen molar-refractivity contribution in [1.82, 2.24) is 20.1 Å². The average molecular weight is 565 g/mol. The first kappa shape index (κ1) is 27.3. The van der Waals surface area contributed by atoms with Gasteiger partial charge >= 0.3 is 6.09 Å². The number of alkyl carbamates (subject to hydrolysis) is 1. The SMILES string of the molecule is COC(=O)NC(C(=O)N1CC2C3CCC(C3)C2C1C(=O)N1CC2(CC1C#N)Oc1cccnc1NC2=O)C(C)(C)C. The van der Waals surface area contributed by atoms with Crippen LogP contribution < -0.4 is 15.4 Å². The molecule has 8 unspecified atom stereocenters. The highest BCUT2D eigenvalue weighted by atomic mass is 16.5. The Hall–Kier alpha value is -3.88. The lowest BCUT2D eigenvalue weighted by Gasteiger charge is -2.38. The molecule has 0 radical (unpaired) electrons. The fourth-order valence-corrected chi connectivity index (χ4v) is 7.96. The summed E-state index contributed by atoms with van der Waals surface area (Å²) in [6, 6.07) is 2.96. The standard InChI is InChI=1S/C29H36N6O6/c1-28(2,3)22(32-27(39)40-4)25(37)34-13-18-15-7-8-16(10-15)20(18)21(34)24(36)35-14-29(11-17(35)12-30)26(38)33-23-19(41-29)6-5-9-31-23/h5-6,9,15-18,20-22H,7-8,10-11,13-14H2,1-4H3,(H,32,39)(H,31,33,38). The fraction of sp³-hybridized carbons (Fsp3) is 0.655. The fourth-order valence-electron chi connectivity index (χ4n) is 7.96. The molecule has 12 nitrogen and oxygen atoms in total. The topological polar surface area (TPSA) is 154 Å². The van der Waals surface area contributed by atoms with E-state index in [4.69, 9.17) is 9.47 Å². The van der Waals surface area contributed by atoms with Crippen molar-refractivity contribution in [1.29, 1.82) is 5.26 Å². The van der Waals surface area contributed by atoms with Crippen molar-refractivity contribution in [2.45, 2.75) is 70.2 Å². The Morgan fingerprint density at radius 1 is 1.27 bits per heavy atom. The van der Waals surface area contributed by atoms with Crippen LogP contribution in [0.25, 0.3) is 0 Å². The van der Waals surface area contributed by atoms with Crippen molar-refractivity contribution < 1.29 is 28.7 Å². The van der Waals surface area contributed by atoms with E-state index in [9.17, 15) is 24.4 Å². The Morgan fingerprint density at radius 3 is 2.73 bits per heavy atom. The number of nitriles is 1. The molecule has 2 saturated heterocycles. The van der Waals surface area contributed by atoms with Gasteiger partial charge in [-0.05, 0) is 60.5 Å². The molecule has 4 fully saturated rings. The van der Waals surface area contributed by atoms with E-state index in [1.165, 1.54) is 12.0 Å². The summed E-state index contributed by atoms with van der Waals surface area (Å²) in [5.41, 5.74) is -2.09. The maximum atomic E-state index is 14.5. The molecule has 41 heavy (non-hydrogen) atoms. The number of aromatic nitrogens is 1. The second kappa shape index (κ2) is 9.60. The molecule has 8 atom stereocenters. The van der Waals surface area contributed by atoms with E-state index in [1.54, 1.807) is 23.2 Å². The van der Waals surface area contributed by atoms with E-state index in [-0.39, 0.29) is 36.6 Å². The predicted octanol–water partition coefficient (Wildman–Crippen LogP) is 1.92. The lowest BCUT2D eigenvalue weighted by molar-refractivity contribution is -0.148. The number of hydrogen-bond acceptors (Lipinski definition) is 8. The van der Waals surface area contributed by atoms with Crippen LogP contribution in [0.1, 0.15) is 46.5 Å². The zero-order chi connectivity index (χ0) is 29.3. The van der Waals surface area contributed by atoms with E-state index < -0.39 is 41.1 Å². The number of nitrogens with one attached hydrogen (secondary N) is 2. The van der Waals surface area contributed by atoms with Gasteiger partial charge in [0.2, 0.25) is 17.4 Å². The minimum Gasteiger partial charge on any atom is -0.472 e. The molecule has 2 saturated carbocycles. The molecule has 1 aromatic rings. The van der Waals surface area contributed by atoms with Crippen LogP contribution in [0.15, 0.2) is 18.3 Å². The monoisotopic (exact) mass is 564 g/mol. The number of carbonyl (C=O) groups excluding carboxylic acids is 4. The Bertz CT molecular complexity index is 1340. The van der Waals surface area contributed by atoms with Crippen LogP contribution >= 0.6 is 0 Å². The summed E-state index contributed by atoms with van der Waals surface area (Å²) < 4.78 is 11.0. The number of ether oxygens (including phenoxy) is 2. The van der Waals surface area contributed by atoms with Gasteiger partial charge in [-0.2, -0.15) is 5.26 Å². The predicted molar refractivity (Wildman–Crippen MR) is 144 cm³/mol. The first-order valence-electron chi connectivity index (χ1n) is 14.3. The Labute approximate surface area is 238 Å². The average Bonchev–Trinajstić information content (AvgIpc) is 3.71. The van der Waals surface area contributed by atoms with Crippen LogP contribution in [-0.2, 0) is 19.1 Å². The van der Waals surface area contributed by atoms with Crippen LogP contribution in [0.2, 0.25) is 0 Å². The number of pyridine rings is 1. The third-order valence-electron chi connectivity index (χ3n) is 9.84. The molecule has 1 spiro atoms. The van der Waals surface area contributed by atoms with Gasteiger partial charge in [-0.15, -0.1) is 0 Å². The van der Waals surface area contributed by atoms with Gasteiger partial charge < -0.3 is 29.9 Å². The van der Waals surface area contributed by atoms with Crippen LogP contribution in [0.3, 0.4) is 0 Å². The van der Waals surface area contributed by atoms with Gasteiger partial charge in [-0.25, -0.2) is 9.78 Å². The Kier molecular flexibility index (Phi) is 6.39. The van der Waals surface area contributed by atoms with Crippen molar-refractivity contribution in [3.8, 4) is 11.8 Å². The van der Waals surface area contributed by atoms with Crippen molar-refractivity contribution >= 4 is 29.6 Å². The summed E-state index contributed by atoms with van der Waals surface area (Å²) in [5, 5.41) is 15.6. The molecule has 3 aliphatic heterocycles. The van der Waals surface area contributed by atoms with Gasteiger partial charge in [0.05, 0.1) is 19.7 Å². The first-order chi connectivity index (χ1) is 19.5. The lowest BCUT2D eigenvalue weighted by atomic mass is 9.78. The first-order valence-corrected chi connectivity index (χ1v) is 14.3. The molecule has 4 amide bonds. The molecule has 2 N–H and O–H groups in total. The lowest BCUT2D eigenvalue weighted by Crippen LogP contribution is -2.60. The number of anilines is 1. The summed E-state index contributed by atoms with van der Waals surface area (Å²) in [6.45, 7) is 5.86. The summed E-state index contributed by atoms with van der Waals surface area (Å²) in [7, 11) is 1.24. The van der Waals surface area contributed by atoms with E-state index in [0.29, 0.717) is 29.9 Å². The Morgan fingerprint density at radius 2 is 2.02 bits per heavy atom. The minimum absolute atomic E-state index is 0.00470. The van der Waals surface area contributed by atoms with Crippen LogP contribution in [0, 0.1) is 40.4 Å². The van der Waals surface area contributed by atoms with Crippen molar-refractivity contribution in [3.63, 3.8) is 0 Å². The highest BCUT2D eigenvalue weighted by Crippen LogP contribution is 2.58. The third kappa shape index (κ3) is 4.28. The smallest absolute Gasteiger partial charge is 0.407 e. The van der Waals surface area contributed by atoms with E-state index in [1.807, 2.05) is 20.8 Å². The van der Waals surface area contributed by atoms with Gasteiger partial charge in [-0.1, -0.05) is 20.8 Å². The molecule has 5 aliphatic rings. The van der Waals surface area contributed by atoms with E-state index in [2.05, 4.69) is 21.7 Å². The molecule has 4 heterocycles. The zero-order valence-corrected chi connectivity index (χ0v) is 23.8. The van der Waals surface area contributed by atoms with Crippen molar-refractivity contribution in [2.75, 3.05) is 25.5 Å².